The summed E-state index contributed by atoms with van der Waals surface area (Å²) in [5, 5.41) is 3.14. The summed E-state index contributed by atoms with van der Waals surface area (Å²) in [7, 11) is 0. The minimum Gasteiger partial charge on any atom is -0.372 e. The molecule has 1 aliphatic carbocycles. The average Bonchev–Trinajstić information content (AvgIpc) is 2.33. The van der Waals surface area contributed by atoms with Gasteiger partial charge in [0.15, 0.2) is 5.96 Å². The van der Waals surface area contributed by atoms with E-state index in [-0.39, 0.29) is 30.6 Å². The topological polar surface area (TPSA) is 59.6 Å². The van der Waals surface area contributed by atoms with E-state index in [1.165, 1.54) is 19.3 Å². The first-order chi connectivity index (χ1) is 8.97. The van der Waals surface area contributed by atoms with E-state index in [0.717, 1.165) is 12.8 Å². The Kier molecular flexibility index (Phi) is 10.3. The van der Waals surface area contributed by atoms with Gasteiger partial charge in [0.05, 0.1) is 0 Å². The largest absolute Gasteiger partial charge is 0.411 e. The summed E-state index contributed by atoms with van der Waals surface area (Å²) < 4.78 is 39.8. The Morgan fingerprint density at radius 2 is 1.90 bits per heavy atom. The Morgan fingerprint density at radius 3 is 2.50 bits per heavy atom. The molecule has 120 valence electrons. The summed E-state index contributed by atoms with van der Waals surface area (Å²) in [5.74, 6) is 0.378. The van der Waals surface area contributed by atoms with Crippen molar-refractivity contribution >= 4 is 29.9 Å². The third kappa shape index (κ3) is 10.5. The van der Waals surface area contributed by atoms with Crippen LogP contribution in [-0.4, -0.2) is 37.9 Å². The number of nitrogens with one attached hydrogen (secondary N) is 1. The lowest BCUT2D eigenvalue weighted by Gasteiger charge is -2.23. The molecule has 1 rings (SSSR count). The van der Waals surface area contributed by atoms with E-state index in [1.54, 1.807) is 0 Å². The summed E-state index contributed by atoms with van der Waals surface area (Å²) in [6.45, 7) is -0.782. The number of hydrogen-bond acceptors (Lipinski definition) is 2. The first-order valence-corrected chi connectivity index (χ1v) is 6.68. The van der Waals surface area contributed by atoms with E-state index < -0.39 is 12.8 Å². The van der Waals surface area contributed by atoms with Gasteiger partial charge < -0.3 is 15.8 Å². The molecule has 0 aromatic heterocycles. The highest BCUT2D eigenvalue weighted by Crippen LogP contribution is 2.17. The molecule has 20 heavy (non-hydrogen) atoms. The quantitative estimate of drug-likeness (QED) is 0.307. The van der Waals surface area contributed by atoms with Gasteiger partial charge >= 0.3 is 6.18 Å². The van der Waals surface area contributed by atoms with Crippen LogP contribution in [0.15, 0.2) is 4.99 Å². The highest BCUT2D eigenvalue weighted by Gasteiger charge is 2.27. The van der Waals surface area contributed by atoms with Crippen molar-refractivity contribution in [1.29, 1.82) is 0 Å². The number of nitrogens with two attached hydrogens (primary N) is 1. The number of guanidine groups is 1. The van der Waals surface area contributed by atoms with Gasteiger partial charge in [-0.05, 0) is 19.3 Å². The maximum Gasteiger partial charge on any atom is 0.411 e. The summed E-state index contributed by atoms with van der Waals surface area (Å²) >= 11 is 0. The van der Waals surface area contributed by atoms with Crippen LogP contribution >= 0.6 is 24.0 Å². The molecule has 0 aromatic carbocycles. The van der Waals surface area contributed by atoms with Crippen LogP contribution in [0.25, 0.3) is 0 Å². The predicted molar refractivity (Wildman–Crippen MR) is 83.4 cm³/mol. The number of ether oxygens (including phenoxy) is 1. The number of halogens is 4. The minimum atomic E-state index is -4.26. The van der Waals surface area contributed by atoms with Crippen molar-refractivity contribution in [1.82, 2.24) is 5.32 Å². The fourth-order valence-electron chi connectivity index (χ4n) is 2.06. The molecule has 0 saturated heterocycles. The van der Waals surface area contributed by atoms with Crippen molar-refractivity contribution in [2.24, 2.45) is 10.7 Å². The lowest BCUT2D eigenvalue weighted by molar-refractivity contribution is -0.173. The molecule has 0 bridgehead atoms. The zero-order valence-corrected chi connectivity index (χ0v) is 13.7. The molecular formula is C12H23F3IN3O. The van der Waals surface area contributed by atoms with Gasteiger partial charge in [-0.25, -0.2) is 0 Å². The molecule has 0 heterocycles. The third-order valence-electron chi connectivity index (χ3n) is 2.95. The van der Waals surface area contributed by atoms with Gasteiger partial charge in [-0.1, -0.05) is 19.3 Å². The second kappa shape index (κ2) is 10.5. The maximum atomic E-state index is 11.8. The van der Waals surface area contributed by atoms with Crippen molar-refractivity contribution < 1.29 is 17.9 Å². The standard InChI is InChI=1S/C12H22F3N3O.HI/c13-12(14,15)9-19-8-4-7-17-11(16)18-10-5-2-1-3-6-10;/h10H,1-9H2,(H3,16,17,18);1H. The molecule has 3 N–H and O–H groups in total. The molecule has 1 saturated carbocycles. The second-order valence-electron chi connectivity index (χ2n) is 4.77. The van der Waals surface area contributed by atoms with Crippen molar-refractivity contribution in [3.63, 3.8) is 0 Å². The summed E-state index contributed by atoms with van der Waals surface area (Å²) in [5.41, 5.74) is 5.71. The molecule has 0 unspecified atom stereocenters. The third-order valence-corrected chi connectivity index (χ3v) is 2.95. The maximum absolute atomic E-state index is 11.8. The van der Waals surface area contributed by atoms with E-state index in [1.807, 2.05) is 0 Å². The molecule has 0 aromatic rings. The highest BCUT2D eigenvalue weighted by atomic mass is 127. The lowest BCUT2D eigenvalue weighted by Crippen LogP contribution is -2.41. The molecule has 0 aliphatic heterocycles. The predicted octanol–water partition coefficient (Wildman–Crippen LogP) is 2.81. The van der Waals surface area contributed by atoms with Gasteiger partial charge in [-0.2, -0.15) is 13.2 Å². The highest BCUT2D eigenvalue weighted by molar-refractivity contribution is 14.0. The summed E-state index contributed by atoms with van der Waals surface area (Å²) in [4.78, 5) is 4.07. The van der Waals surface area contributed by atoms with Crippen LogP contribution in [0.3, 0.4) is 0 Å². The van der Waals surface area contributed by atoms with Crippen LogP contribution < -0.4 is 11.1 Å². The first-order valence-electron chi connectivity index (χ1n) is 6.68. The number of alkyl halides is 3. The van der Waals surface area contributed by atoms with Crippen molar-refractivity contribution in [2.75, 3.05) is 19.8 Å². The Morgan fingerprint density at radius 1 is 1.25 bits per heavy atom. The van der Waals surface area contributed by atoms with Crippen LogP contribution in [0.4, 0.5) is 13.2 Å². The zero-order chi connectivity index (χ0) is 14.1. The number of aliphatic imine (C=N–C) groups is 1. The van der Waals surface area contributed by atoms with Gasteiger partial charge in [-0.3, -0.25) is 4.99 Å². The van der Waals surface area contributed by atoms with Gasteiger partial charge in [-0.15, -0.1) is 24.0 Å². The molecular weight excluding hydrogens is 386 g/mol. The van der Waals surface area contributed by atoms with E-state index in [0.29, 0.717) is 25.0 Å². The fourth-order valence-corrected chi connectivity index (χ4v) is 2.06. The van der Waals surface area contributed by atoms with E-state index in [9.17, 15) is 13.2 Å². The molecule has 0 spiro atoms. The van der Waals surface area contributed by atoms with Crippen LogP contribution in [0.5, 0.6) is 0 Å². The Labute approximate surface area is 134 Å². The Balaban J connectivity index is 0.00000361. The number of rotatable bonds is 6. The molecule has 0 atom stereocenters. The molecule has 1 fully saturated rings. The normalized spacial score (nSPS) is 17.6. The molecule has 0 radical (unpaired) electrons. The van der Waals surface area contributed by atoms with Gasteiger partial charge in [0.1, 0.15) is 6.61 Å². The molecule has 0 amide bonds. The fraction of sp³-hybridized carbons (Fsp3) is 0.917. The molecule has 4 nitrogen and oxygen atoms in total. The van der Waals surface area contributed by atoms with Crippen molar-refractivity contribution in [3.8, 4) is 0 Å². The summed E-state index contributed by atoms with van der Waals surface area (Å²) in [6, 6.07) is 0.388. The molecule has 8 heteroatoms. The van der Waals surface area contributed by atoms with E-state index in [4.69, 9.17) is 5.73 Å². The van der Waals surface area contributed by atoms with Gasteiger partial charge in [0.2, 0.25) is 0 Å². The van der Waals surface area contributed by atoms with Crippen LogP contribution in [0.2, 0.25) is 0 Å². The second-order valence-corrected chi connectivity index (χ2v) is 4.77. The van der Waals surface area contributed by atoms with Crippen LogP contribution in [0.1, 0.15) is 38.5 Å². The van der Waals surface area contributed by atoms with Gasteiger partial charge in [0, 0.05) is 19.2 Å². The number of hydrogen-bond donors (Lipinski definition) is 2. The monoisotopic (exact) mass is 409 g/mol. The SMILES string of the molecule is I.NC(=NCCCOCC(F)(F)F)NC1CCCCC1. The Hall–Kier alpha value is -0.250. The number of nitrogens with zero attached hydrogens (tertiary/aromatic N) is 1. The van der Waals surface area contributed by atoms with Crippen molar-refractivity contribution in [3.05, 3.63) is 0 Å². The van der Waals surface area contributed by atoms with Crippen LogP contribution in [-0.2, 0) is 4.74 Å². The summed E-state index contributed by atoms with van der Waals surface area (Å²) in [6.07, 6.45) is 2.06. The van der Waals surface area contributed by atoms with E-state index >= 15 is 0 Å². The van der Waals surface area contributed by atoms with Crippen LogP contribution in [0, 0.1) is 0 Å². The van der Waals surface area contributed by atoms with Gasteiger partial charge in [0.25, 0.3) is 0 Å². The Bertz CT molecular complexity index is 282. The molecule has 1 aliphatic rings. The van der Waals surface area contributed by atoms with Crippen molar-refractivity contribution in [2.45, 2.75) is 50.7 Å². The smallest absolute Gasteiger partial charge is 0.372 e. The minimum absolute atomic E-state index is 0. The zero-order valence-electron chi connectivity index (χ0n) is 11.4. The first kappa shape index (κ1) is 19.8. The lowest BCUT2D eigenvalue weighted by atomic mass is 9.96. The average molecular weight is 409 g/mol. The van der Waals surface area contributed by atoms with E-state index in [2.05, 4.69) is 15.0 Å².